The van der Waals surface area contributed by atoms with Gasteiger partial charge in [0, 0.05) is 51.0 Å². The van der Waals surface area contributed by atoms with E-state index in [9.17, 15) is 9.59 Å². The second kappa shape index (κ2) is 9.32. The third kappa shape index (κ3) is 4.60. The lowest BCUT2D eigenvalue weighted by Gasteiger charge is -2.31. The first-order chi connectivity index (χ1) is 13.5. The number of ether oxygens (including phenoxy) is 1. The number of anilines is 1. The first kappa shape index (κ1) is 20.5. The van der Waals surface area contributed by atoms with Crippen molar-refractivity contribution in [1.82, 2.24) is 19.8 Å². The number of carbonyl (C=O) groups excluding carboxylic acids is 2. The average Bonchev–Trinajstić information content (AvgIpc) is 2.74. The van der Waals surface area contributed by atoms with E-state index >= 15 is 0 Å². The number of rotatable bonds is 6. The van der Waals surface area contributed by atoms with Gasteiger partial charge >= 0.3 is 0 Å². The number of aromatic nitrogens is 2. The fraction of sp³-hybridized carbons (Fsp3) is 0.700. The van der Waals surface area contributed by atoms with E-state index in [2.05, 4.69) is 23.7 Å². The Morgan fingerprint density at radius 3 is 2.64 bits per heavy atom. The highest BCUT2D eigenvalue weighted by Gasteiger charge is 2.30. The van der Waals surface area contributed by atoms with Crippen LogP contribution in [0.5, 0.6) is 0 Å². The van der Waals surface area contributed by atoms with Crippen LogP contribution >= 0.6 is 0 Å². The number of fused-ring (bicyclic) bond motifs is 1. The third-order valence-electron chi connectivity index (χ3n) is 5.65. The lowest BCUT2D eigenvalue weighted by Crippen LogP contribution is -2.47. The molecule has 8 nitrogen and oxygen atoms in total. The number of morpholine rings is 1. The molecule has 2 heterocycles. The second-order valence-corrected chi connectivity index (χ2v) is 7.44. The highest BCUT2D eigenvalue weighted by Crippen LogP contribution is 2.26. The summed E-state index contributed by atoms with van der Waals surface area (Å²) in [7, 11) is 1.72. The molecule has 1 fully saturated rings. The monoisotopic (exact) mass is 389 g/mol. The summed E-state index contributed by atoms with van der Waals surface area (Å²) in [6.45, 7) is 8.39. The third-order valence-corrected chi connectivity index (χ3v) is 5.65. The summed E-state index contributed by atoms with van der Waals surface area (Å²) < 4.78 is 5.28. The predicted octanol–water partition coefficient (Wildman–Crippen LogP) is 0.745. The van der Waals surface area contributed by atoms with Gasteiger partial charge in [0.15, 0.2) is 0 Å². The molecule has 0 spiro atoms. The van der Waals surface area contributed by atoms with Gasteiger partial charge in [0.05, 0.1) is 19.8 Å². The lowest BCUT2D eigenvalue weighted by atomic mass is 9.86. The van der Waals surface area contributed by atoms with E-state index in [4.69, 9.17) is 9.72 Å². The molecule has 8 heteroatoms. The minimum absolute atomic E-state index is 0.0115. The Labute approximate surface area is 166 Å². The first-order valence-corrected chi connectivity index (χ1v) is 10.2. The SMILES string of the molecule is CCN(CC)c1ncc2c(n1)CCC(C(=O)N(C)CC(=O)N1CCOCC1)C2. The van der Waals surface area contributed by atoms with Crippen molar-refractivity contribution >= 4 is 17.8 Å². The van der Waals surface area contributed by atoms with Crippen LogP contribution in [-0.4, -0.2) is 84.6 Å². The molecule has 154 valence electrons. The Kier molecular flexibility index (Phi) is 6.83. The van der Waals surface area contributed by atoms with Gasteiger partial charge in [-0.25, -0.2) is 9.97 Å². The van der Waals surface area contributed by atoms with Crippen molar-refractivity contribution in [3.63, 3.8) is 0 Å². The zero-order valence-electron chi connectivity index (χ0n) is 17.2. The number of hydrogen-bond acceptors (Lipinski definition) is 6. The van der Waals surface area contributed by atoms with E-state index in [1.165, 1.54) is 0 Å². The van der Waals surface area contributed by atoms with Gasteiger partial charge in [-0.15, -0.1) is 0 Å². The number of likely N-dealkylation sites (N-methyl/N-ethyl adjacent to an activating group) is 1. The fourth-order valence-electron chi connectivity index (χ4n) is 3.87. The van der Waals surface area contributed by atoms with Crippen molar-refractivity contribution in [3.05, 3.63) is 17.5 Å². The van der Waals surface area contributed by atoms with Crippen LogP contribution in [0.4, 0.5) is 5.95 Å². The van der Waals surface area contributed by atoms with Crippen molar-refractivity contribution in [2.75, 3.05) is 57.9 Å². The van der Waals surface area contributed by atoms with Gasteiger partial charge in [0.2, 0.25) is 17.8 Å². The quantitative estimate of drug-likeness (QED) is 0.714. The van der Waals surface area contributed by atoms with Gasteiger partial charge in [-0.1, -0.05) is 0 Å². The highest BCUT2D eigenvalue weighted by atomic mass is 16.5. The number of carbonyl (C=O) groups is 2. The number of hydrogen-bond donors (Lipinski definition) is 0. The van der Waals surface area contributed by atoms with E-state index in [1.54, 1.807) is 16.8 Å². The summed E-state index contributed by atoms with van der Waals surface area (Å²) in [5, 5.41) is 0. The van der Waals surface area contributed by atoms with Gasteiger partial charge in [0.1, 0.15) is 0 Å². The zero-order chi connectivity index (χ0) is 20.1. The van der Waals surface area contributed by atoms with Crippen LogP contribution in [0, 0.1) is 5.92 Å². The van der Waals surface area contributed by atoms with E-state index in [1.807, 2.05) is 6.20 Å². The Morgan fingerprint density at radius 1 is 1.25 bits per heavy atom. The number of aryl methyl sites for hydroxylation is 1. The summed E-state index contributed by atoms with van der Waals surface area (Å²) in [4.78, 5) is 40.0. The molecule has 1 atom stereocenters. The van der Waals surface area contributed by atoms with Crippen molar-refractivity contribution in [2.24, 2.45) is 5.92 Å². The molecule has 3 rings (SSSR count). The molecule has 1 saturated heterocycles. The van der Waals surface area contributed by atoms with Gasteiger partial charge in [-0.05, 0) is 38.7 Å². The normalized spacial score (nSPS) is 19.1. The van der Waals surface area contributed by atoms with Gasteiger partial charge in [-0.3, -0.25) is 9.59 Å². The minimum atomic E-state index is -0.113. The van der Waals surface area contributed by atoms with E-state index in [-0.39, 0.29) is 24.3 Å². The average molecular weight is 390 g/mol. The van der Waals surface area contributed by atoms with Gasteiger partial charge < -0.3 is 19.4 Å². The minimum Gasteiger partial charge on any atom is -0.378 e. The number of nitrogens with zero attached hydrogens (tertiary/aromatic N) is 5. The molecule has 0 aromatic carbocycles. The van der Waals surface area contributed by atoms with E-state index in [0.29, 0.717) is 32.7 Å². The zero-order valence-corrected chi connectivity index (χ0v) is 17.2. The van der Waals surface area contributed by atoms with E-state index < -0.39 is 0 Å². The maximum absolute atomic E-state index is 12.9. The summed E-state index contributed by atoms with van der Waals surface area (Å²) in [5.74, 6) is 0.669. The Morgan fingerprint density at radius 2 is 1.96 bits per heavy atom. The molecule has 0 bridgehead atoms. The van der Waals surface area contributed by atoms with Crippen LogP contribution in [0.25, 0.3) is 0 Å². The maximum atomic E-state index is 12.9. The molecule has 0 radical (unpaired) electrons. The van der Waals surface area contributed by atoms with Crippen molar-refractivity contribution in [3.8, 4) is 0 Å². The van der Waals surface area contributed by atoms with E-state index in [0.717, 1.165) is 43.1 Å². The van der Waals surface area contributed by atoms with Gasteiger partial charge in [0.25, 0.3) is 0 Å². The van der Waals surface area contributed by atoms with Crippen LogP contribution in [-0.2, 0) is 27.2 Å². The van der Waals surface area contributed by atoms with Crippen LogP contribution in [0.15, 0.2) is 6.20 Å². The first-order valence-electron chi connectivity index (χ1n) is 10.2. The number of amides is 2. The van der Waals surface area contributed by atoms with Crippen LogP contribution in [0.3, 0.4) is 0 Å². The summed E-state index contributed by atoms with van der Waals surface area (Å²) in [5.41, 5.74) is 2.10. The topological polar surface area (TPSA) is 78.9 Å². The lowest BCUT2D eigenvalue weighted by molar-refractivity contribution is -0.143. The highest BCUT2D eigenvalue weighted by molar-refractivity contribution is 5.86. The summed E-state index contributed by atoms with van der Waals surface area (Å²) >= 11 is 0. The molecule has 1 aromatic heterocycles. The van der Waals surface area contributed by atoms with Gasteiger partial charge in [-0.2, -0.15) is 0 Å². The maximum Gasteiger partial charge on any atom is 0.242 e. The summed E-state index contributed by atoms with van der Waals surface area (Å²) in [6.07, 6.45) is 4.04. The van der Waals surface area contributed by atoms with Crippen LogP contribution in [0.1, 0.15) is 31.5 Å². The predicted molar refractivity (Wildman–Crippen MR) is 106 cm³/mol. The Hall–Kier alpha value is -2.22. The molecule has 1 aromatic rings. The Bertz CT molecular complexity index is 701. The molecule has 0 N–H and O–H groups in total. The van der Waals surface area contributed by atoms with Crippen molar-refractivity contribution < 1.29 is 14.3 Å². The molecule has 1 aliphatic heterocycles. The second-order valence-electron chi connectivity index (χ2n) is 7.44. The van der Waals surface area contributed by atoms with Crippen molar-refractivity contribution in [2.45, 2.75) is 33.1 Å². The Balaban J connectivity index is 1.59. The molecule has 1 aliphatic carbocycles. The molecule has 2 aliphatic rings. The smallest absolute Gasteiger partial charge is 0.242 e. The molecule has 28 heavy (non-hydrogen) atoms. The standard InChI is InChI=1S/C20H31N5O3/c1-4-24(5-2)20-21-13-16-12-15(6-7-17(16)22-20)19(27)23(3)14-18(26)25-8-10-28-11-9-25/h13,15H,4-12,14H2,1-3H3. The van der Waals surface area contributed by atoms with Crippen LogP contribution < -0.4 is 4.90 Å². The summed E-state index contributed by atoms with van der Waals surface area (Å²) in [6, 6.07) is 0. The molecule has 2 amide bonds. The molecular weight excluding hydrogens is 358 g/mol. The fourth-order valence-corrected chi connectivity index (χ4v) is 3.87. The largest absolute Gasteiger partial charge is 0.378 e. The molecular formula is C20H31N5O3. The molecule has 0 saturated carbocycles. The molecule has 1 unspecified atom stereocenters. The van der Waals surface area contributed by atoms with Crippen LogP contribution in [0.2, 0.25) is 0 Å². The van der Waals surface area contributed by atoms with Crippen molar-refractivity contribution in [1.29, 1.82) is 0 Å².